The Labute approximate surface area is 475 Å². The van der Waals surface area contributed by atoms with Gasteiger partial charge in [0.05, 0.1) is 25.4 Å². The molecule has 0 heterocycles. The Kier molecular flexibility index (Phi) is 64.4. The van der Waals surface area contributed by atoms with Crippen molar-refractivity contribution in [2.45, 2.75) is 398 Å². The second-order valence-corrected chi connectivity index (χ2v) is 23.9. The quantitative estimate of drug-likeness (QED) is 0.0320. The topological polar surface area (TPSA) is 95.9 Å². The molecular formula is C70H135NO5. The molecule has 0 radical (unpaired) electrons. The van der Waals surface area contributed by atoms with Crippen LogP contribution >= 0.6 is 0 Å². The van der Waals surface area contributed by atoms with Crippen LogP contribution in [0.25, 0.3) is 0 Å². The first kappa shape index (κ1) is 74.3. The summed E-state index contributed by atoms with van der Waals surface area (Å²) in [7, 11) is 0. The molecule has 2 atom stereocenters. The van der Waals surface area contributed by atoms with E-state index < -0.39 is 12.1 Å². The molecule has 1 amide bonds. The molecule has 0 aliphatic carbocycles. The Morgan fingerprint density at radius 1 is 0.355 bits per heavy atom. The third kappa shape index (κ3) is 61.6. The van der Waals surface area contributed by atoms with Gasteiger partial charge in [-0.25, -0.2) is 0 Å². The Morgan fingerprint density at radius 3 is 0.934 bits per heavy atom. The number of nitrogens with one attached hydrogen (secondary N) is 1. The van der Waals surface area contributed by atoms with Crippen LogP contribution < -0.4 is 5.32 Å². The third-order valence-corrected chi connectivity index (χ3v) is 16.2. The number of carbonyl (C=O) groups is 2. The van der Waals surface area contributed by atoms with Gasteiger partial charge in [0.25, 0.3) is 0 Å². The molecule has 0 aromatic heterocycles. The van der Waals surface area contributed by atoms with E-state index in [0.717, 1.165) is 44.9 Å². The molecule has 450 valence electrons. The summed E-state index contributed by atoms with van der Waals surface area (Å²) in [5.74, 6) is -0.0639. The predicted octanol–water partition coefficient (Wildman–Crippen LogP) is 22.1. The fraction of sp³-hybridized carbons (Fsp3) is 0.914. The standard InChI is InChI=1S/C70H135NO5/c1-3-5-7-9-11-13-15-17-19-21-23-24-25-26-28-30-34-38-42-46-50-54-58-62-68(73)67(66-72)71-69(74)63-59-55-51-47-43-39-35-31-29-33-37-41-45-49-53-57-61-65-76-70(75)64-60-56-52-48-44-40-36-32-27-22-20-18-16-14-12-10-8-6-4-2/h18,20,58,62,67-68,72-73H,3-17,19,21-57,59-61,63-66H2,1-2H3,(H,71,74)/b20-18-,62-58+. The lowest BCUT2D eigenvalue weighted by atomic mass is 10.0. The molecule has 0 aromatic carbocycles. The van der Waals surface area contributed by atoms with Gasteiger partial charge in [0.1, 0.15) is 0 Å². The van der Waals surface area contributed by atoms with E-state index in [2.05, 4.69) is 31.3 Å². The van der Waals surface area contributed by atoms with Gasteiger partial charge >= 0.3 is 5.97 Å². The van der Waals surface area contributed by atoms with E-state index in [0.29, 0.717) is 19.4 Å². The predicted molar refractivity (Wildman–Crippen MR) is 333 cm³/mol. The lowest BCUT2D eigenvalue weighted by Crippen LogP contribution is -2.45. The summed E-state index contributed by atoms with van der Waals surface area (Å²) in [6, 6.07) is -0.633. The van der Waals surface area contributed by atoms with Crippen molar-refractivity contribution >= 4 is 11.9 Å². The maximum Gasteiger partial charge on any atom is 0.305 e. The van der Waals surface area contributed by atoms with Crippen LogP contribution in [0.15, 0.2) is 24.3 Å². The lowest BCUT2D eigenvalue weighted by molar-refractivity contribution is -0.143. The Bertz CT molecular complexity index is 1190. The van der Waals surface area contributed by atoms with Gasteiger partial charge in [0.2, 0.25) is 5.91 Å². The van der Waals surface area contributed by atoms with E-state index in [-0.39, 0.29) is 18.5 Å². The number of esters is 1. The minimum absolute atomic E-state index is 0.00512. The number of hydrogen-bond acceptors (Lipinski definition) is 5. The van der Waals surface area contributed by atoms with Gasteiger partial charge < -0.3 is 20.3 Å². The number of unbranched alkanes of at least 4 members (excludes halogenated alkanes) is 52. The number of ether oxygens (including phenoxy) is 1. The minimum atomic E-state index is -0.850. The molecule has 0 bridgehead atoms. The average Bonchev–Trinajstić information content (AvgIpc) is 3.42. The number of hydrogen-bond donors (Lipinski definition) is 3. The molecule has 0 aliphatic rings. The molecule has 0 aromatic rings. The first-order valence-corrected chi connectivity index (χ1v) is 34.6. The normalized spacial score (nSPS) is 12.6. The summed E-state index contributed by atoms with van der Waals surface area (Å²) in [6.07, 6.45) is 82.4. The molecule has 0 fully saturated rings. The molecule has 0 spiro atoms. The van der Waals surface area contributed by atoms with Crippen LogP contribution in [0.3, 0.4) is 0 Å². The summed E-state index contributed by atoms with van der Waals surface area (Å²) in [5, 5.41) is 23.3. The molecule has 2 unspecified atom stereocenters. The molecule has 0 rings (SSSR count). The molecule has 6 heteroatoms. The monoisotopic (exact) mass is 1070 g/mol. The van der Waals surface area contributed by atoms with Gasteiger partial charge in [0, 0.05) is 12.8 Å². The number of rotatable bonds is 65. The van der Waals surface area contributed by atoms with Crippen molar-refractivity contribution in [3.63, 3.8) is 0 Å². The number of allylic oxidation sites excluding steroid dienone is 3. The largest absolute Gasteiger partial charge is 0.466 e. The van der Waals surface area contributed by atoms with E-state index in [1.165, 1.54) is 315 Å². The van der Waals surface area contributed by atoms with E-state index >= 15 is 0 Å². The first-order chi connectivity index (χ1) is 37.5. The number of amides is 1. The van der Waals surface area contributed by atoms with Crippen LogP contribution in [0.4, 0.5) is 0 Å². The van der Waals surface area contributed by atoms with Gasteiger partial charge in [-0.2, -0.15) is 0 Å². The number of carbonyl (C=O) groups excluding carboxylic acids is 2. The first-order valence-electron chi connectivity index (χ1n) is 34.6. The van der Waals surface area contributed by atoms with Crippen molar-refractivity contribution in [3.8, 4) is 0 Å². The zero-order chi connectivity index (χ0) is 55.0. The van der Waals surface area contributed by atoms with Crippen LogP contribution in [0.5, 0.6) is 0 Å². The van der Waals surface area contributed by atoms with Crippen molar-refractivity contribution in [3.05, 3.63) is 24.3 Å². The van der Waals surface area contributed by atoms with E-state index in [1.807, 2.05) is 6.08 Å². The molecule has 6 nitrogen and oxygen atoms in total. The number of aliphatic hydroxyl groups is 2. The third-order valence-electron chi connectivity index (χ3n) is 16.2. The van der Waals surface area contributed by atoms with Crippen molar-refractivity contribution < 1.29 is 24.5 Å². The van der Waals surface area contributed by atoms with E-state index in [4.69, 9.17) is 4.74 Å². The molecule has 0 saturated carbocycles. The fourth-order valence-electron chi connectivity index (χ4n) is 10.9. The minimum Gasteiger partial charge on any atom is -0.466 e. The van der Waals surface area contributed by atoms with Crippen molar-refractivity contribution in [2.75, 3.05) is 13.2 Å². The van der Waals surface area contributed by atoms with Gasteiger partial charge in [-0.1, -0.05) is 340 Å². The van der Waals surface area contributed by atoms with Gasteiger partial charge in [-0.05, 0) is 57.8 Å². The van der Waals surface area contributed by atoms with Crippen LogP contribution in [0.2, 0.25) is 0 Å². The van der Waals surface area contributed by atoms with Crippen molar-refractivity contribution in [1.29, 1.82) is 0 Å². The maximum atomic E-state index is 12.5. The van der Waals surface area contributed by atoms with Gasteiger partial charge in [0.15, 0.2) is 0 Å². The van der Waals surface area contributed by atoms with E-state index in [1.54, 1.807) is 6.08 Å². The molecule has 76 heavy (non-hydrogen) atoms. The van der Waals surface area contributed by atoms with Crippen LogP contribution in [0.1, 0.15) is 386 Å². The zero-order valence-electron chi connectivity index (χ0n) is 51.5. The average molecular weight is 1070 g/mol. The summed E-state index contributed by atoms with van der Waals surface area (Å²) in [5.41, 5.74) is 0. The Hall–Kier alpha value is -1.66. The lowest BCUT2D eigenvalue weighted by Gasteiger charge is -2.20. The highest BCUT2D eigenvalue weighted by molar-refractivity contribution is 5.76. The fourth-order valence-corrected chi connectivity index (χ4v) is 10.9. The second-order valence-electron chi connectivity index (χ2n) is 23.9. The van der Waals surface area contributed by atoms with Gasteiger partial charge in [-0.15, -0.1) is 0 Å². The highest BCUT2D eigenvalue weighted by Crippen LogP contribution is 2.18. The summed E-state index contributed by atoms with van der Waals surface area (Å²) in [4.78, 5) is 24.6. The zero-order valence-corrected chi connectivity index (χ0v) is 51.5. The highest BCUT2D eigenvalue weighted by atomic mass is 16.5. The maximum absolute atomic E-state index is 12.5. The van der Waals surface area contributed by atoms with E-state index in [9.17, 15) is 19.8 Å². The van der Waals surface area contributed by atoms with Crippen LogP contribution in [-0.4, -0.2) is 47.4 Å². The smallest absolute Gasteiger partial charge is 0.305 e. The second kappa shape index (κ2) is 65.9. The van der Waals surface area contributed by atoms with Gasteiger partial charge in [-0.3, -0.25) is 9.59 Å². The van der Waals surface area contributed by atoms with Crippen molar-refractivity contribution in [1.82, 2.24) is 5.32 Å². The highest BCUT2D eigenvalue weighted by Gasteiger charge is 2.18. The summed E-state index contributed by atoms with van der Waals surface area (Å²) < 4.78 is 5.50. The Balaban J connectivity index is 3.42. The molecule has 0 aliphatic heterocycles. The molecule has 0 saturated heterocycles. The SMILES string of the molecule is CCCCCCCC/C=C\CCCCCCCCCCCC(=O)OCCCCCCCCCCCCCCCCCCCC(=O)NC(CO)C(O)/C=C/CCCCCCCCCCCCCCCCCCCCCCC. The van der Waals surface area contributed by atoms with Crippen LogP contribution in [-0.2, 0) is 14.3 Å². The van der Waals surface area contributed by atoms with Crippen molar-refractivity contribution in [2.24, 2.45) is 0 Å². The summed E-state index contributed by atoms with van der Waals surface area (Å²) >= 11 is 0. The molecular weight excluding hydrogens is 935 g/mol. The number of aliphatic hydroxyl groups excluding tert-OH is 2. The summed E-state index contributed by atoms with van der Waals surface area (Å²) in [6.45, 7) is 4.93. The Morgan fingerprint density at radius 2 is 0.618 bits per heavy atom. The molecule has 3 N–H and O–H groups in total. The van der Waals surface area contributed by atoms with Crippen LogP contribution in [0, 0.1) is 0 Å².